The Morgan fingerprint density at radius 3 is 2.38 bits per heavy atom. The van der Waals surface area contributed by atoms with Crippen molar-refractivity contribution in [2.45, 2.75) is 19.9 Å². The van der Waals surface area contributed by atoms with Crippen LogP contribution in [0.15, 0.2) is 75.9 Å². The number of amides is 1. The van der Waals surface area contributed by atoms with Crippen LogP contribution in [-0.2, 0) is 0 Å². The van der Waals surface area contributed by atoms with E-state index in [0.717, 1.165) is 11.1 Å². The number of para-hydroxylation sites is 1. The highest BCUT2D eigenvalue weighted by molar-refractivity contribution is 6.10. The number of nitro groups is 1. The lowest BCUT2D eigenvalue weighted by molar-refractivity contribution is -0.384. The third-order valence-corrected chi connectivity index (χ3v) is 5.92. The standard InChI is InChI=1S/C25H18N2O5/c1-14-11-19-20(12-15(14)2)32-24-21(23(19)28)22(16-7-6-10-18(13-16)27(30)31)26(25(24)29)17-8-4-3-5-9-17/h3-13,22H,1-2H3. The van der Waals surface area contributed by atoms with Gasteiger partial charge < -0.3 is 4.42 Å². The number of non-ortho nitro benzene ring substituents is 1. The molecular weight excluding hydrogens is 408 g/mol. The van der Waals surface area contributed by atoms with Gasteiger partial charge in [0, 0.05) is 17.8 Å². The Balaban J connectivity index is 1.84. The summed E-state index contributed by atoms with van der Waals surface area (Å²) in [4.78, 5) is 39.5. The van der Waals surface area contributed by atoms with Gasteiger partial charge in [-0.2, -0.15) is 0 Å². The van der Waals surface area contributed by atoms with Gasteiger partial charge in [-0.3, -0.25) is 24.6 Å². The predicted octanol–water partition coefficient (Wildman–Crippen LogP) is 5.07. The molecule has 0 saturated carbocycles. The molecule has 1 amide bonds. The number of aryl methyl sites for hydroxylation is 2. The van der Waals surface area contributed by atoms with E-state index < -0.39 is 16.9 Å². The van der Waals surface area contributed by atoms with Gasteiger partial charge in [0.2, 0.25) is 5.76 Å². The Hall–Kier alpha value is -4.26. The number of nitrogens with zero attached hydrogens (tertiary/aromatic N) is 2. The van der Waals surface area contributed by atoms with Gasteiger partial charge in [-0.25, -0.2) is 0 Å². The molecule has 1 aliphatic rings. The smallest absolute Gasteiger partial charge is 0.295 e. The zero-order valence-corrected chi connectivity index (χ0v) is 17.4. The highest BCUT2D eigenvalue weighted by atomic mass is 16.6. The van der Waals surface area contributed by atoms with E-state index in [1.807, 2.05) is 19.9 Å². The zero-order chi connectivity index (χ0) is 22.6. The Morgan fingerprint density at radius 2 is 1.66 bits per heavy atom. The van der Waals surface area contributed by atoms with E-state index in [-0.39, 0.29) is 22.4 Å². The third kappa shape index (κ3) is 2.90. The summed E-state index contributed by atoms with van der Waals surface area (Å²) in [6, 6.07) is 17.6. The Morgan fingerprint density at radius 1 is 0.938 bits per heavy atom. The second-order valence-electron chi connectivity index (χ2n) is 7.87. The van der Waals surface area contributed by atoms with Gasteiger partial charge in [-0.15, -0.1) is 0 Å². The first-order chi connectivity index (χ1) is 15.4. The lowest BCUT2D eigenvalue weighted by atomic mass is 9.97. The van der Waals surface area contributed by atoms with Crippen molar-refractivity contribution in [1.29, 1.82) is 0 Å². The molecule has 5 rings (SSSR count). The molecule has 0 bridgehead atoms. The Labute approximate surface area is 182 Å². The molecule has 7 heteroatoms. The fourth-order valence-electron chi connectivity index (χ4n) is 4.21. The lowest BCUT2D eigenvalue weighted by Crippen LogP contribution is -2.29. The van der Waals surface area contributed by atoms with Gasteiger partial charge in [0.1, 0.15) is 5.58 Å². The fraction of sp³-hybridized carbons (Fsp3) is 0.120. The third-order valence-electron chi connectivity index (χ3n) is 5.92. The first kappa shape index (κ1) is 19.7. The van der Waals surface area contributed by atoms with Gasteiger partial charge in [0.05, 0.1) is 21.9 Å². The molecule has 0 saturated heterocycles. The van der Waals surface area contributed by atoms with Crippen molar-refractivity contribution < 1.29 is 14.1 Å². The molecule has 1 atom stereocenters. The van der Waals surface area contributed by atoms with Gasteiger partial charge in [0.25, 0.3) is 11.6 Å². The number of anilines is 1. The molecule has 158 valence electrons. The van der Waals surface area contributed by atoms with Gasteiger partial charge in [-0.05, 0) is 54.8 Å². The van der Waals surface area contributed by atoms with Crippen LogP contribution in [0.5, 0.6) is 0 Å². The van der Waals surface area contributed by atoms with Crippen LogP contribution < -0.4 is 10.3 Å². The van der Waals surface area contributed by atoms with Crippen LogP contribution >= 0.6 is 0 Å². The number of benzene rings is 3. The molecule has 0 spiro atoms. The normalized spacial score (nSPS) is 15.2. The maximum Gasteiger partial charge on any atom is 0.295 e. The fourth-order valence-corrected chi connectivity index (χ4v) is 4.21. The number of hydrogen-bond acceptors (Lipinski definition) is 5. The first-order valence-electron chi connectivity index (χ1n) is 10.1. The van der Waals surface area contributed by atoms with E-state index in [1.54, 1.807) is 48.5 Å². The minimum atomic E-state index is -0.845. The van der Waals surface area contributed by atoms with Crippen LogP contribution in [-0.4, -0.2) is 10.8 Å². The second kappa shape index (κ2) is 7.16. The molecule has 3 aromatic carbocycles. The van der Waals surface area contributed by atoms with E-state index in [9.17, 15) is 19.7 Å². The van der Waals surface area contributed by atoms with E-state index in [0.29, 0.717) is 22.2 Å². The quantitative estimate of drug-likeness (QED) is 0.337. The Kier molecular flexibility index (Phi) is 4.41. The molecule has 4 aromatic rings. The summed E-state index contributed by atoms with van der Waals surface area (Å²) in [7, 11) is 0. The van der Waals surface area contributed by atoms with Crippen molar-refractivity contribution in [2.24, 2.45) is 0 Å². The molecule has 0 fully saturated rings. The number of carbonyl (C=O) groups is 1. The maximum atomic E-state index is 13.6. The van der Waals surface area contributed by atoms with Gasteiger partial charge >= 0.3 is 0 Å². The summed E-state index contributed by atoms with van der Waals surface area (Å²) in [5, 5.41) is 11.8. The van der Waals surface area contributed by atoms with Crippen molar-refractivity contribution >= 4 is 28.3 Å². The SMILES string of the molecule is Cc1cc2oc3c(c(=O)c2cc1C)C(c1cccc([N+](=O)[O-])c1)N(c1ccccc1)C3=O. The van der Waals surface area contributed by atoms with Crippen molar-refractivity contribution in [1.82, 2.24) is 0 Å². The lowest BCUT2D eigenvalue weighted by Gasteiger charge is -2.25. The molecule has 7 nitrogen and oxygen atoms in total. The van der Waals surface area contributed by atoms with Crippen LogP contribution in [0, 0.1) is 24.0 Å². The van der Waals surface area contributed by atoms with E-state index in [1.165, 1.54) is 17.0 Å². The van der Waals surface area contributed by atoms with Crippen LogP contribution in [0.1, 0.15) is 38.9 Å². The average Bonchev–Trinajstić information content (AvgIpc) is 3.08. The summed E-state index contributed by atoms with van der Waals surface area (Å²) in [5.41, 5.74) is 3.01. The molecular formula is C25H18N2O5. The molecule has 2 heterocycles. The molecule has 32 heavy (non-hydrogen) atoms. The van der Waals surface area contributed by atoms with Gasteiger partial charge in [-0.1, -0.05) is 30.3 Å². The largest absolute Gasteiger partial charge is 0.450 e. The van der Waals surface area contributed by atoms with Crippen molar-refractivity contribution in [3.63, 3.8) is 0 Å². The van der Waals surface area contributed by atoms with E-state index >= 15 is 0 Å². The average molecular weight is 426 g/mol. The summed E-state index contributed by atoms with van der Waals surface area (Å²) >= 11 is 0. The summed E-state index contributed by atoms with van der Waals surface area (Å²) in [6.07, 6.45) is 0. The monoisotopic (exact) mass is 426 g/mol. The van der Waals surface area contributed by atoms with Gasteiger partial charge in [0.15, 0.2) is 5.43 Å². The van der Waals surface area contributed by atoms with Crippen molar-refractivity contribution in [3.05, 3.63) is 115 Å². The van der Waals surface area contributed by atoms with Crippen LogP contribution in [0.2, 0.25) is 0 Å². The molecule has 0 N–H and O–H groups in total. The second-order valence-corrected chi connectivity index (χ2v) is 7.87. The predicted molar refractivity (Wildman–Crippen MR) is 120 cm³/mol. The van der Waals surface area contributed by atoms with Crippen molar-refractivity contribution in [3.8, 4) is 0 Å². The van der Waals surface area contributed by atoms with Crippen LogP contribution in [0.25, 0.3) is 11.0 Å². The maximum absolute atomic E-state index is 13.6. The summed E-state index contributed by atoms with van der Waals surface area (Å²) in [5.74, 6) is -0.494. The summed E-state index contributed by atoms with van der Waals surface area (Å²) in [6.45, 7) is 3.81. The molecule has 1 unspecified atom stereocenters. The molecule has 1 aromatic heterocycles. The van der Waals surface area contributed by atoms with Crippen molar-refractivity contribution in [2.75, 3.05) is 4.90 Å². The van der Waals surface area contributed by atoms with E-state index in [4.69, 9.17) is 4.42 Å². The minimum Gasteiger partial charge on any atom is -0.450 e. The first-order valence-corrected chi connectivity index (χ1v) is 10.1. The van der Waals surface area contributed by atoms with Crippen LogP contribution in [0.3, 0.4) is 0 Å². The van der Waals surface area contributed by atoms with Crippen LogP contribution in [0.4, 0.5) is 11.4 Å². The number of nitro benzene ring substituents is 1. The number of rotatable bonds is 3. The number of carbonyl (C=O) groups excluding carboxylic acids is 1. The molecule has 0 radical (unpaired) electrons. The summed E-state index contributed by atoms with van der Waals surface area (Å²) < 4.78 is 5.99. The Bertz CT molecular complexity index is 1470. The number of fused-ring (bicyclic) bond motifs is 2. The zero-order valence-electron chi connectivity index (χ0n) is 17.4. The molecule has 0 aliphatic carbocycles. The minimum absolute atomic E-state index is 0.0360. The highest BCUT2D eigenvalue weighted by Crippen LogP contribution is 2.41. The molecule has 1 aliphatic heterocycles. The topological polar surface area (TPSA) is 93.7 Å². The highest BCUT2D eigenvalue weighted by Gasteiger charge is 2.44. The number of hydrogen-bond donors (Lipinski definition) is 0. The van der Waals surface area contributed by atoms with E-state index in [2.05, 4.69) is 0 Å².